The van der Waals surface area contributed by atoms with Gasteiger partial charge in [-0.1, -0.05) is 43.7 Å². The highest BCUT2D eigenvalue weighted by molar-refractivity contribution is 8.02. The Kier molecular flexibility index (Phi) is 8.07. The van der Waals surface area contributed by atoms with E-state index >= 15 is 0 Å². The molecule has 1 N–H and O–H groups in total. The zero-order valence-corrected chi connectivity index (χ0v) is 22.6. The van der Waals surface area contributed by atoms with Gasteiger partial charge in [0.1, 0.15) is 6.04 Å². The van der Waals surface area contributed by atoms with Gasteiger partial charge in [-0.2, -0.15) is 0 Å². The van der Waals surface area contributed by atoms with E-state index in [0.717, 1.165) is 6.42 Å². The average molecular weight is 535 g/mol. The van der Waals surface area contributed by atoms with Crippen molar-refractivity contribution in [2.45, 2.75) is 62.1 Å². The molecule has 2 amide bonds. The Morgan fingerprint density at radius 3 is 2.72 bits per heavy atom. The minimum Gasteiger partial charge on any atom is -0.466 e. The Morgan fingerprint density at radius 1 is 1.39 bits per heavy atom. The van der Waals surface area contributed by atoms with Crippen LogP contribution in [0.4, 0.5) is 5.69 Å². The molecule has 0 saturated carbocycles. The zero-order chi connectivity index (χ0) is 26.2. The zero-order valence-electron chi connectivity index (χ0n) is 21.1. The first-order valence-electron chi connectivity index (χ1n) is 12.7. The number of hydrogen-bond donors (Lipinski definition) is 1. The summed E-state index contributed by atoms with van der Waals surface area (Å²) in [7, 11) is 0. The second kappa shape index (κ2) is 10.8. The number of thioether (sulfide) groups is 1. The Bertz CT molecular complexity index is 1040. The molecule has 2 unspecified atom stereocenters. The van der Waals surface area contributed by atoms with Crippen molar-refractivity contribution >= 4 is 46.8 Å². The maximum Gasteiger partial charge on any atom is 0.310 e. The van der Waals surface area contributed by atoms with Crippen molar-refractivity contribution in [3.8, 4) is 0 Å². The summed E-state index contributed by atoms with van der Waals surface area (Å²) in [5, 5.41) is 10.7. The van der Waals surface area contributed by atoms with Crippen LogP contribution in [-0.4, -0.2) is 69.6 Å². The number of anilines is 1. The number of amides is 2. The third-order valence-electron chi connectivity index (χ3n) is 7.60. The van der Waals surface area contributed by atoms with Gasteiger partial charge in [-0.3, -0.25) is 14.4 Å². The molecule has 3 saturated heterocycles. The summed E-state index contributed by atoms with van der Waals surface area (Å²) < 4.78 is 4.62. The van der Waals surface area contributed by atoms with Crippen LogP contribution in [-0.2, 0) is 19.1 Å². The fourth-order valence-corrected chi connectivity index (χ4v) is 8.77. The van der Waals surface area contributed by atoms with Crippen LogP contribution >= 0.6 is 23.4 Å². The van der Waals surface area contributed by atoms with E-state index in [0.29, 0.717) is 23.6 Å². The summed E-state index contributed by atoms with van der Waals surface area (Å²) in [5.41, 5.74) is 0.542. The van der Waals surface area contributed by atoms with Gasteiger partial charge in [-0.15, -0.1) is 18.3 Å². The summed E-state index contributed by atoms with van der Waals surface area (Å²) in [6.45, 7) is 9.82. The van der Waals surface area contributed by atoms with E-state index in [4.69, 9.17) is 16.3 Å². The van der Waals surface area contributed by atoms with Gasteiger partial charge in [-0.25, -0.2) is 0 Å². The number of benzene rings is 1. The van der Waals surface area contributed by atoms with Crippen LogP contribution in [0.1, 0.15) is 40.0 Å². The van der Waals surface area contributed by atoms with Crippen LogP contribution < -0.4 is 4.90 Å². The predicted molar refractivity (Wildman–Crippen MR) is 142 cm³/mol. The summed E-state index contributed by atoms with van der Waals surface area (Å²) in [6, 6.07) is 5.73. The second-order valence-electron chi connectivity index (χ2n) is 10.2. The SMILES string of the molecule is C=CCN(C(=O)C1N([C@@H](CO)CC(C)C)C(=O)[C@@H]2[C@H](C(=O)OCC)[C@@H]3CCC12S3)c1ccccc1Cl. The molecule has 3 heterocycles. The number of para-hydroxylation sites is 1. The molecule has 1 aromatic carbocycles. The van der Waals surface area contributed by atoms with Crippen molar-refractivity contribution in [3.05, 3.63) is 41.9 Å². The van der Waals surface area contributed by atoms with Gasteiger partial charge in [0.2, 0.25) is 5.91 Å². The van der Waals surface area contributed by atoms with Crippen LogP contribution in [0.3, 0.4) is 0 Å². The second-order valence-corrected chi connectivity index (χ2v) is 12.2. The number of halogens is 1. The molecule has 3 aliphatic heterocycles. The maximum atomic E-state index is 14.5. The van der Waals surface area contributed by atoms with E-state index in [-0.39, 0.29) is 48.7 Å². The van der Waals surface area contributed by atoms with Crippen molar-refractivity contribution < 1.29 is 24.2 Å². The Hall–Kier alpha value is -2.03. The lowest BCUT2D eigenvalue weighted by atomic mass is 9.71. The van der Waals surface area contributed by atoms with Gasteiger partial charge >= 0.3 is 5.97 Å². The number of carbonyl (C=O) groups excluding carboxylic acids is 3. The number of aliphatic hydroxyl groups is 1. The number of hydrogen-bond acceptors (Lipinski definition) is 6. The Labute approximate surface area is 222 Å². The van der Waals surface area contributed by atoms with Crippen LogP contribution in [0.2, 0.25) is 5.02 Å². The lowest BCUT2D eigenvalue weighted by Crippen LogP contribution is -2.58. The van der Waals surface area contributed by atoms with Crippen LogP contribution in [0.5, 0.6) is 0 Å². The number of rotatable bonds is 10. The molecular formula is C27H35ClN2O5S. The topological polar surface area (TPSA) is 87.2 Å². The van der Waals surface area contributed by atoms with Gasteiger partial charge in [0, 0.05) is 11.8 Å². The van der Waals surface area contributed by atoms with Crippen LogP contribution in [0.25, 0.3) is 0 Å². The lowest BCUT2D eigenvalue weighted by molar-refractivity contribution is -0.154. The number of carbonyl (C=O) groups is 3. The molecule has 1 spiro atoms. The number of likely N-dealkylation sites (tertiary alicyclic amines) is 1. The quantitative estimate of drug-likeness (QED) is 0.361. The normalized spacial score (nSPS) is 29.4. The first-order chi connectivity index (χ1) is 17.2. The summed E-state index contributed by atoms with van der Waals surface area (Å²) >= 11 is 8.09. The first kappa shape index (κ1) is 27.0. The van der Waals surface area contributed by atoms with Crippen molar-refractivity contribution in [1.82, 2.24) is 4.90 Å². The fourth-order valence-electron chi connectivity index (χ4n) is 6.34. The molecule has 7 nitrogen and oxygen atoms in total. The molecule has 0 radical (unpaired) electrons. The highest BCUT2D eigenvalue weighted by Crippen LogP contribution is 2.67. The number of ether oxygens (including phenoxy) is 1. The summed E-state index contributed by atoms with van der Waals surface area (Å²) in [6.07, 6.45) is 3.55. The minimum atomic E-state index is -0.837. The highest BCUT2D eigenvalue weighted by atomic mass is 35.5. The van der Waals surface area contributed by atoms with Crippen molar-refractivity contribution in [1.29, 1.82) is 0 Å². The van der Waals surface area contributed by atoms with Gasteiger partial charge < -0.3 is 19.6 Å². The molecule has 6 atom stereocenters. The largest absolute Gasteiger partial charge is 0.466 e. The summed E-state index contributed by atoms with van der Waals surface area (Å²) in [4.78, 5) is 44.9. The number of esters is 1. The van der Waals surface area contributed by atoms with E-state index in [1.807, 2.05) is 19.9 Å². The molecule has 2 bridgehead atoms. The molecule has 36 heavy (non-hydrogen) atoms. The third kappa shape index (κ3) is 4.35. The summed E-state index contributed by atoms with van der Waals surface area (Å²) in [5.74, 6) is -1.93. The Balaban J connectivity index is 1.83. The fraction of sp³-hybridized carbons (Fsp3) is 0.593. The molecule has 0 aromatic heterocycles. The van der Waals surface area contributed by atoms with Gasteiger partial charge in [-0.05, 0) is 44.2 Å². The van der Waals surface area contributed by atoms with Crippen LogP contribution in [0, 0.1) is 17.8 Å². The molecular weight excluding hydrogens is 500 g/mol. The smallest absolute Gasteiger partial charge is 0.310 e. The van der Waals surface area contributed by atoms with E-state index in [9.17, 15) is 19.5 Å². The minimum absolute atomic E-state index is 0.0682. The van der Waals surface area contributed by atoms with Crippen molar-refractivity contribution in [2.75, 3.05) is 24.7 Å². The van der Waals surface area contributed by atoms with E-state index in [1.165, 1.54) is 0 Å². The number of nitrogens with zero attached hydrogens (tertiary/aromatic N) is 2. The number of aliphatic hydroxyl groups excluding tert-OH is 1. The van der Waals surface area contributed by atoms with Crippen molar-refractivity contribution in [2.24, 2.45) is 17.8 Å². The molecule has 0 aliphatic carbocycles. The highest BCUT2D eigenvalue weighted by Gasteiger charge is 2.74. The molecule has 3 aliphatic rings. The maximum absolute atomic E-state index is 14.5. The third-order valence-corrected chi connectivity index (χ3v) is 9.87. The molecule has 1 aromatic rings. The van der Waals surface area contributed by atoms with E-state index in [2.05, 4.69) is 6.58 Å². The van der Waals surface area contributed by atoms with Gasteiger partial charge in [0.15, 0.2) is 0 Å². The average Bonchev–Trinajstić information content (AvgIpc) is 3.48. The van der Waals surface area contributed by atoms with E-state index < -0.39 is 28.7 Å². The number of fused-ring (bicyclic) bond motifs is 1. The van der Waals surface area contributed by atoms with Crippen LogP contribution in [0.15, 0.2) is 36.9 Å². The molecule has 4 rings (SSSR count). The predicted octanol–water partition coefficient (Wildman–Crippen LogP) is 3.92. The monoisotopic (exact) mass is 534 g/mol. The van der Waals surface area contributed by atoms with Crippen molar-refractivity contribution in [3.63, 3.8) is 0 Å². The Morgan fingerprint density at radius 2 is 2.11 bits per heavy atom. The lowest BCUT2D eigenvalue weighted by Gasteiger charge is -2.40. The van der Waals surface area contributed by atoms with E-state index in [1.54, 1.807) is 52.8 Å². The molecule has 3 fully saturated rings. The van der Waals surface area contributed by atoms with Gasteiger partial charge in [0.25, 0.3) is 5.91 Å². The first-order valence-corrected chi connectivity index (χ1v) is 13.9. The molecule has 9 heteroatoms. The molecule has 196 valence electrons. The standard InChI is InChI=1S/C27H35ClN2O5S/c1-5-13-29(19-10-8-7-9-18(19)28)25(33)23-27-12-11-20(36-27)21(26(34)35-6-2)22(27)24(32)30(23)17(15-31)14-16(3)4/h5,7-10,16-17,20-23,31H,1,6,11-15H2,2-4H3/t17-,20+,21-,22+,23?,27?/m1/s1. The van der Waals surface area contributed by atoms with Gasteiger partial charge in [0.05, 0.1) is 46.5 Å².